The maximum atomic E-state index is 12.4. The van der Waals surface area contributed by atoms with E-state index < -0.39 is 11.7 Å². The van der Waals surface area contributed by atoms with Gasteiger partial charge in [-0.1, -0.05) is 0 Å². The summed E-state index contributed by atoms with van der Waals surface area (Å²) in [7, 11) is 0. The Morgan fingerprint density at radius 1 is 1.47 bits per heavy atom. The largest absolute Gasteiger partial charge is 0.416 e. The molecule has 3 N–H and O–H groups in total. The van der Waals surface area contributed by atoms with Crippen LogP contribution in [0.5, 0.6) is 0 Å². The molecule has 0 radical (unpaired) electrons. The third-order valence-electron chi connectivity index (χ3n) is 2.32. The van der Waals surface area contributed by atoms with Crippen molar-refractivity contribution < 1.29 is 13.2 Å². The minimum Gasteiger partial charge on any atom is -0.368 e. The van der Waals surface area contributed by atoms with Crippen LogP contribution in [0.15, 0.2) is 18.3 Å². The normalized spacial score (nSPS) is 13.5. The Morgan fingerprint density at radius 2 is 2.18 bits per heavy atom. The molecule has 96 valence electrons. The van der Waals surface area contributed by atoms with Crippen molar-refractivity contribution in [3.05, 3.63) is 23.9 Å². The van der Waals surface area contributed by atoms with Crippen molar-refractivity contribution in [2.24, 2.45) is 5.73 Å². The van der Waals surface area contributed by atoms with E-state index >= 15 is 0 Å². The molecule has 0 spiro atoms. The molecule has 1 atom stereocenters. The van der Waals surface area contributed by atoms with Gasteiger partial charge in [-0.05, 0) is 38.4 Å². The fourth-order valence-corrected chi connectivity index (χ4v) is 1.43. The van der Waals surface area contributed by atoms with Crippen LogP contribution in [-0.4, -0.2) is 17.6 Å². The standard InChI is InChI=1S/C11H16F3N3/c1-8(3-2-5-15)17-10-7-9(4-6-16-10)11(12,13)14/h4,6-8H,2-3,5,15H2,1H3,(H,16,17). The number of nitrogens with two attached hydrogens (primary N) is 1. The smallest absolute Gasteiger partial charge is 0.368 e. The number of hydrogen-bond donors (Lipinski definition) is 2. The average molecular weight is 247 g/mol. The molecule has 1 aromatic heterocycles. The average Bonchev–Trinajstić information content (AvgIpc) is 2.25. The van der Waals surface area contributed by atoms with Crippen molar-refractivity contribution >= 4 is 5.82 Å². The highest BCUT2D eigenvalue weighted by Gasteiger charge is 2.30. The molecule has 0 saturated carbocycles. The highest BCUT2D eigenvalue weighted by molar-refractivity contribution is 5.39. The molecule has 0 saturated heterocycles. The maximum absolute atomic E-state index is 12.4. The topological polar surface area (TPSA) is 50.9 Å². The summed E-state index contributed by atoms with van der Waals surface area (Å²) >= 11 is 0. The predicted octanol–water partition coefficient (Wildman–Crippen LogP) is 2.64. The molecule has 17 heavy (non-hydrogen) atoms. The second-order valence-corrected chi connectivity index (χ2v) is 3.90. The van der Waals surface area contributed by atoms with Gasteiger partial charge in [0.15, 0.2) is 0 Å². The summed E-state index contributed by atoms with van der Waals surface area (Å²) < 4.78 is 37.3. The van der Waals surface area contributed by atoms with Gasteiger partial charge >= 0.3 is 6.18 Å². The van der Waals surface area contributed by atoms with E-state index in [1.165, 1.54) is 0 Å². The quantitative estimate of drug-likeness (QED) is 0.841. The molecule has 1 rings (SSSR count). The Kier molecular flexibility index (Phi) is 4.74. The SMILES string of the molecule is CC(CCCN)Nc1cc(C(F)(F)F)ccn1. The zero-order valence-corrected chi connectivity index (χ0v) is 9.59. The molecule has 1 heterocycles. The van der Waals surface area contributed by atoms with Crippen molar-refractivity contribution in [2.75, 3.05) is 11.9 Å². The van der Waals surface area contributed by atoms with E-state index in [2.05, 4.69) is 10.3 Å². The summed E-state index contributed by atoms with van der Waals surface area (Å²) in [5, 5.41) is 2.92. The number of halogens is 3. The zero-order chi connectivity index (χ0) is 12.9. The highest BCUT2D eigenvalue weighted by Crippen LogP contribution is 2.30. The lowest BCUT2D eigenvalue weighted by Gasteiger charge is -2.15. The van der Waals surface area contributed by atoms with Gasteiger partial charge < -0.3 is 11.1 Å². The van der Waals surface area contributed by atoms with Crippen LogP contribution in [0.2, 0.25) is 0 Å². The van der Waals surface area contributed by atoms with Crippen molar-refractivity contribution in [1.29, 1.82) is 0 Å². The van der Waals surface area contributed by atoms with E-state index in [4.69, 9.17) is 5.73 Å². The monoisotopic (exact) mass is 247 g/mol. The van der Waals surface area contributed by atoms with Gasteiger partial charge in [-0.2, -0.15) is 13.2 Å². The minimum absolute atomic E-state index is 0.0505. The highest BCUT2D eigenvalue weighted by atomic mass is 19.4. The van der Waals surface area contributed by atoms with Crippen molar-refractivity contribution in [3.63, 3.8) is 0 Å². The molecule has 1 aromatic rings. The summed E-state index contributed by atoms with van der Waals surface area (Å²) in [6, 6.07) is 2.02. The van der Waals surface area contributed by atoms with Gasteiger partial charge in [-0.15, -0.1) is 0 Å². The molecule has 1 unspecified atom stereocenters. The van der Waals surface area contributed by atoms with Gasteiger partial charge in [0.1, 0.15) is 5.82 Å². The Bertz CT molecular complexity index is 352. The number of anilines is 1. The number of aromatic nitrogens is 1. The third-order valence-corrected chi connectivity index (χ3v) is 2.32. The van der Waals surface area contributed by atoms with E-state index in [0.717, 1.165) is 31.2 Å². The number of alkyl halides is 3. The third kappa shape index (κ3) is 4.60. The Balaban J connectivity index is 2.66. The minimum atomic E-state index is -4.33. The van der Waals surface area contributed by atoms with Crippen molar-refractivity contribution in [2.45, 2.75) is 32.0 Å². The van der Waals surface area contributed by atoms with Crippen molar-refractivity contribution in [1.82, 2.24) is 4.98 Å². The van der Waals surface area contributed by atoms with Crippen LogP contribution in [-0.2, 0) is 6.18 Å². The zero-order valence-electron chi connectivity index (χ0n) is 9.59. The van der Waals surface area contributed by atoms with E-state index in [9.17, 15) is 13.2 Å². The van der Waals surface area contributed by atoms with Gasteiger partial charge in [-0.25, -0.2) is 4.98 Å². The van der Waals surface area contributed by atoms with Crippen LogP contribution >= 0.6 is 0 Å². The van der Waals surface area contributed by atoms with E-state index in [1.807, 2.05) is 6.92 Å². The predicted molar refractivity (Wildman–Crippen MR) is 60.6 cm³/mol. The molecule has 0 amide bonds. The number of hydrogen-bond acceptors (Lipinski definition) is 3. The van der Waals surface area contributed by atoms with Crippen LogP contribution in [0.4, 0.5) is 19.0 Å². The van der Waals surface area contributed by atoms with Crippen LogP contribution in [0.3, 0.4) is 0 Å². The lowest BCUT2D eigenvalue weighted by atomic mass is 10.2. The lowest BCUT2D eigenvalue weighted by Crippen LogP contribution is -2.18. The van der Waals surface area contributed by atoms with Crippen LogP contribution in [0.25, 0.3) is 0 Å². The molecule has 0 aliphatic heterocycles. The summed E-state index contributed by atoms with van der Waals surface area (Å²) in [4.78, 5) is 3.86. The maximum Gasteiger partial charge on any atom is 0.416 e. The molecule has 3 nitrogen and oxygen atoms in total. The first-order valence-electron chi connectivity index (χ1n) is 5.43. The summed E-state index contributed by atoms with van der Waals surface area (Å²) in [5.41, 5.74) is 4.67. The molecule has 0 bridgehead atoms. The molecule has 0 aromatic carbocycles. The fourth-order valence-electron chi connectivity index (χ4n) is 1.43. The van der Waals surface area contributed by atoms with Crippen LogP contribution in [0, 0.1) is 0 Å². The van der Waals surface area contributed by atoms with Gasteiger partial charge in [-0.3, -0.25) is 0 Å². The number of nitrogens with zero attached hydrogens (tertiary/aromatic N) is 1. The molecule has 0 aliphatic carbocycles. The van der Waals surface area contributed by atoms with E-state index in [1.54, 1.807) is 0 Å². The molecule has 0 aliphatic rings. The second-order valence-electron chi connectivity index (χ2n) is 3.90. The second kappa shape index (κ2) is 5.86. The van der Waals surface area contributed by atoms with Crippen molar-refractivity contribution in [3.8, 4) is 0 Å². The van der Waals surface area contributed by atoms with Crippen LogP contribution < -0.4 is 11.1 Å². The van der Waals surface area contributed by atoms with Gasteiger partial charge in [0.05, 0.1) is 5.56 Å². The Morgan fingerprint density at radius 3 is 2.76 bits per heavy atom. The molecule has 0 fully saturated rings. The summed E-state index contributed by atoms with van der Waals surface area (Å²) in [5.74, 6) is 0.240. The number of nitrogens with one attached hydrogen (secondary N) is 1. The Labute approximate surface area is 98.2 Å². The molecular weight excluding hydrogens is 231 g/mol. The first kappa shape index (κ1) is 13.8. The lowest BCUT2D eigenvalue weighted by molar-refractivity contribution is -0.137. The first-order valence-corrected chi connectivity index (χ1v) is 5.43. The molecule has 6 heteroatoms. The fraction of sp³-hybridized carbons (Fsp3) is 0.545. The first-order chi connectivity index (χ1) is 7.93. The van der Waals surface area contributed by atoms with Gasteiger partial charge in [0, 0.05) is 12.2 Å². The summed E-state index contributed by atoms with van der Waals surface area (Å²) in [6.45, 7) is 2.46. The Hall–Kier alpha value is -1.30. The van der Waals surface area contributed by atoms with E-state index in [0.29, 0.717) is 6.54 Å². The molecular formula is C11H16F3N3. The van der Waals surface area contributed by atoms with Crippen LogP contribution in [0.1, 0.15) is 25.3 Å². The summed E-state index contributed by atoms with van der Waals surface area (Å²) in [6.07, 6.45) is -1.55. The van der Waals surface area contributed by atoms with E-state index in [-0.39, 0.29) is 11.9 Å². The van der Waals surface area contributed by atoms with Gasteiger partial charge in [0.2, 0.25) is 0 Å². The number of pyridine rings is 1. The number of rotatable bonds is 5. The van der Waals surface area contributed by atoms with Gasteiger partial charge in [0.25, 0.3) is 0 Å².